The molecule has 1 aliphatic rings. The Balaban J connectivity index is 1.81. The highest BCUT2D eigenvalue weighted by molar-refractivity contribution is 5.98. The van der Waals surface area contributed by atoms with Crippen LogP contribution in [0.1, 0.15) is 48.8 Å². The molecule has 2 N–H and O–H groups in total. The number of aliphatic hydroxyl groups is 1. The number of anilines is 1. The Hall–Kier alpha value is -3.04. The van der Waals surface area contributed by atoms with E-state index in [1.165, 1.54) is 36.1 Å². The van der Waals surface area contributed by atoms with E-state index < -0.39 is 0 Å². The van der Waals surface area contributed by atoms with E-state index >= 15 is 0 Å². The van der Waals surface area contributed by atoms with Crippen LogP contribution in [0.4, 0.5) is 5.69 Å². The number of aromatic hydroxyl groups is 1. The highest BCUT2D eigenvalue weighted by atomic mass is 16.3. The van der Waals surface area contributed by atoms with Crippen LogP contribution in [-0.2, 0) is 0 Å². The van der Waals surface area contributed by atoms with Crippen LogP contribution >= 0.6 is 0 Å². The van der Waals surface area contributed by atoms with Gasteiger partial charge in [0, 0.05) is 25.4 Å². The van der Waals surface area contributed by atoms with Crippen molar-refractivity contribution in [1.82, 2.24) is 0 Å². The predicted molar refractivity (Wildman–Crippen MR) is 129 cm³/mol. The molecule has 0 spiro atoms. The van der Waals surface area contributed by atoms with Gasteiger partial charge in [0.1, 0.15) is 5.75 Å². The number of hydrogen-bond donors (Lipinski definition) is 2. The Bertz CT molecular complexity index is 985. The van der Waals surface area contributed by atoms with Gasteiger partial charge in [-0.2, -0.15) is 0 Å². The van der Waals surface area contributed by atoms with Crippen molar-refractivity contribution in [2.24, 2.45) is 0 Å². The summed E-state index contributed by atoms with van der Waals surface area (Å²) >= 11 is 0. The fourth-order valence-corrected chi connectivity index (χ4v) is 4.44. The van der Waals surface area contributed by atoms with Crippen LogP contribution in [-0.4, -0.2) is 29.9 Å². The molecule has 1 fully saturated rings. The van der Waals surface area contributed by atoms with Gasteiger partial charge >= 0.3 is 0 Å². The number of rotatable bonds is 7. The number of phenolic OH excluding ortho intramolecular Hbond substituents is 1. The number of hydrogen-bond acceptors (Lipinski definition) is 3. The Kier molecular flexibility index (Phi) is 7.06. The maximum Gasteiger partial charge on any atom is 0.115 e. The molecule has 1 saturated heterocycles. The number of piperidine rings is 1. The van der Waals surface area contributed by atoms with Crippen LogP contribution in [0.5, 0.6) is 5.75 Å². The van der Waals surface area contributed by atoms with E-state index in [2.05, 4.69) is 53.4 Å². The summed E-state index contributed by atoms with van der Waals surface area (Å²) < 4.78 is 0. The monoisotopic (exact) mass is 413 g/mol. The van der Waals surface area contributed by atoms with Gasteiger partial charge in [-0.15, -0.1) is 0 Å². The van der Waals surface area contributed by atoms with E-state index in [1.54, 1.807) is 12.1 Å². The molecule has 4 rings (SSSR count). The second-order valence-corrected chi connectivity index (χ2v) is 8.19. The lowest BCUT2D eigenvalue weighted by Gasteiger charge is -2.29. The van der Waals surface area contributed by atoms with Crippen molar-refractivity contribution in [1.29, 1.82) is 0 Å². The molecule has 0 bridgehead atoms. The van der Waals surface area contributed by atoms with Crippen molar-refractivity contribution in [3.63, 3.8) is 0 Å². The van der Waals surface area contributed by atoms with Crippen molar-refractivity contribution >= 4 is 16.8 Å². The molecular formula is C28H31NO2. The maximum absolute atomic E-state index is 9.83. The van der Waals surface area contributed by atoms with Crippen LogP contribution in [0, 0.1) is 0 Å². The van der Waals surface area contributed by atoms with Gasteiger partial charge in [-0.05, 0) is 84.2 Å². The summed E-state index contributed by atoms with van der Waals surface area (Å²) in [6.07, 6.45) is 5.34. The van der Waals surface area contributed by atoms with E-state index in [0.29, 0.717) is 6.42 Å². The number of nitrogens with zero attached hydrogens (tertiary/aromatic N) is 1. The SMILES string of the molecule is OCCC/C(=C(\c1ccc(O)cc1)c1ccc(N2CCCCC2)cc1)c1ccccc1. The van der Waals surface area contributed by atoms with Gasteiger partial charge in [-0.25, -0.2) is 0 Å². The van der Waals surface area contributed by atoms with Crippen molar-refractivity contribution in [2.45, 2.75) is 32.1 Å². The minimum atomic E-state index is 0.160. The minimum absolute atomic E-state index is 0.160. The van der Waals surface area contributed by atoms with Gasteiger partial charge in [-0.1, -0.05) is 54.6 Å². The average molecular weight is 414 g/mol. The predicted octanol–water partition coefficient (Wildman–Crippen LogP) is 6.11. The van der Waals surface area contributed by atoms with Gasteiger partial charge in [0.25, 0.3) is 0 Å². The molecule has 1 heterocycles. The van der Waals surface area contributed by atoms with Gasteiger partial charge in [0.15, 0.2) is 0 Å². The molecule has 3 nitrogen and oxygen atoms in total. The first-order chi connectivity index (χ1) is 15.3. The van der Waals surface area contributed by atoms with Crippen LogP contribution in [0.3, 0.4) is 0 Å². The van der Waals surface area contributed by atoms with Crippen LogP contribution < -0.4 is 4.90 Å². The molecule has 1 aliphatic heterocycles. The van der Waals surface area contributed by atoms with E-state index in [1.807, 2.05) is 18.2 Å². The lowest BCUT2D eigenvalue weighted by molar-refractivity contribution is 0.290. The van der Waals surface area contributed by atoms with Gasteiger partial charge < -0.3 is 15.1 Å². The first-order valence-corrected chi connectivity index (χ1v) is 11.3. The molecule has 3 heteroatoms. The highest BCUT2D eigenvalue weighted by Crippen LogP contribution is 2.36. The highest BCUT2D eigenvalue weighted by Gasteiger charge is 2.16. The third-order valence-electron chi connectivity index (χ3n) is 6.04. The van der Waals surface area contributed by atoms with E-state index in [9.17, 15) is 10.2 Å². The van der Waals surface area contributed by atoms with Crippen LogP contribution in [0.25, 0.3) is 11.1 Å². The van der Waals surface area contributed by atoms with Crippen molar-refractivity contribution in [3.05, 3.63) is 95.6 Å². The number of aliphatic hydroxyl groups excluding tert-OH is 1. The first kappa shape index (κ1) is 21.2. The minimum Gasteiger partial charge on any atom is -0.508 e. The molecule has 0 saturated carbocycles. The largest absolute Gasteiger partial charge is 0.508 e. The van der Waals surface area contributed by atoms with Crippen molar-refractivity contribution in [3.8, 4) is 5.75 Å². The summed E-state index contributed by atoms with van der Waals surface area (Å²) in [5, 5.41) is 19.4. The van der Waals surface area contributed by atoms with E-state index in [0.717, 1.165) is 36.2 Å². The number of allylic oxidation sites excluding steroid dienone is 1. The van der Waals surface area contributed by atoms with E-state index in [-0.39, 0.29) is 12.4 Å². The normalized spacial score (nSPS) is 14.9. The van der Waals surface area contributed by atoms with E-state index in [4.69, 9.17) is 0 Å². The van der Waals surface area contributed by atoms with Gasteiger partial charge in [0.2, 0.25) is 0 Å². The van der Waals surface area contributed by atoms with Crippen LogP contribution in [0.2, 0.25) is 0 Å². The Morgan fingerprint density at radius 3 is 1.94 bits per heavy atom. The van der Waals surface area contributed by atoms with Crippen LogP contribution in [0.15, 0.2) is 78.9 Å². The lowest BCUT2D eigenvalue weighted by atomic mass is 9.87. The number of benzene rings is 3. The Labute approximate surface area is 185 Å². The third-order valence-corrected chi connectivity index (χ3v) is 6.04. The molecule has 0 aliphatic carbocycles. The topological polar surface area (TPSA) is 43.7 Å². The molecule has 0 amide bonds. The standard InChI is InChI=1S/C28H31NO2/c30-21-7-10-27(22-8-3-1-4-9-22)28(24-13-17-26(31)18-14-24)23-11-15-25(16-12-23)29-19-5-2-6-20-29/h1,3-4,8-9,11-18,30-31H,2,5-7,10,19-21H2/b28-27+. The van der Waals surface area contributed by atoms with Crippen molar-refractivity contribution < 1.29 is 10.2 Å². The molecular weight excluding hydrogens is 382 g/mol. The Morgan fingerprint density at radius 2 is 1.32 bits per heavy atom. The summed E-state index contributed by atoms with van der Waals surface area (Å²) in [4.78, 5) is 2.47. The van der Waals surface area contributed by atoms with Gasteiger partial charge in [0.05, 0.1) is 0 Å². The third kappa shape index (κ3) is 5.18. The molecule has 0 unspecified atom stereocenters. The fourth-order valence-electron chi connectivity index (χ4n) is 4.44. The zero-order valence-corrected chi connectivity index (χ0v) is 18.0. The van der Waals surface area contributed by atoms with Gasteiger partial charge in [-0.3, -0.25) is 0 Å². The molecule has 3 aromatic rings. The maximum atomic E-state index is 9.83. The molecule has 0 atom stereocenters. The average Bonchev–Trinajstić information content (AvgIpc) is 2.84. The zero-order valence-electron chi connectivity index (χ0n) is 18.0. The second kappa shape index (κ2) is 10.3. The lowest BCUT2D eigenvalue weighted by Crippen LogP contribution is -2.29. The molecule has 160 valence electrons. The number of phenols is 1. The molecule has 0 aromatic heterocycles. The first-order valence-electron chi connectivity index (χ1n) is 11.3. The quantitative estimate of drug-likeness (QED) is 0.459. The second-order valence-electron chi connectivity index (χ2n) is 8.19. The molecule has 3 aromatic carbocycles. The Morgan fingerprint density at radius 1 is 0.710 bits per heavy atom. The summed E-state index contributed by atoms with van der Waals surface area (Å²) in [5.41, 5.74) is 7.05. The van der Waals surface area contributed by atoms with Crippen molar-refractivity contribution in [2.75, 3.05) is 24.6 Å². The summed E-state index contributed by atoms with van der Waals surface area (Å²) in [5.74, 6) is 0.264. The summed E-state index contributed by atoms with van der Waals surface area (Å²) in [6.45, 7) is 2.42. The smallest absolute Gasteiger partial charge is 0.115 e. The fraction of sp³-hybridized carbons (Fsp3) is 0.286. The molecule has 31 heavy (non-hydrogen) atoms. The summed E-state index contributed by atoms with van der Waals surface area (Å²) in [6, 6.07) is 26.7. The molecule has 0 radical (unpaired) electrons. The summed E-state index contributed by atoms with van der Waals surface area (Å²) in [7, 11) is 0. The zero-order chi connectivity index (χ0) is 21.5.